The third-order valence-corrected chi connectivity index (χ3v) is 3.70. The molecule has 6 nitrogen and oxygen atoms in total. The molecule has 0 aliphatic rings. The van der Waals surface area contributed by atoms with Gasteiger partial charge in [0.2, 0.25) is 0 Å². The van der Waals surface area contributed by atoms with Crippen molar-refractivity contribution in [2.24, 2.45) is 5.92 Å². The van der Waals surface area contributed by atoms with Crippen molar-refractivity contribution in [1.29, 1.82) is 0 Å². The summed E-state index contributed by atoms with van der Waals surface area (Å²) in [4.78, 5) is 22.6. The molecule has 0 aliphatic carbocycles. The van der Waals surface area contributed by atoms with Gasteiger partial charge in [0.15, 0.2) is 5.75 Å². The normalized spacial score (nSPS) is 12.0. The van der Waals surface area contributed by atoms with Gasteiger partial charge in [0.1, 0.15) is 0 Å². The summed E-state index contributed by atoms with van der Waals surface area (Å²) >= 11 is 3.36. The lowest BCUT2D eigenvalue weighted by Gasteiger charge is -2.18. The number of hydrogen-bond donors (Lipinski definition) is 1. The zero-order valence-electron chi connectivity index (χ0n) is 12.3. The fourth-order valence-electron chi connectivity index (χ4n) is 1.97. The van der Waals surface area contributed by atoms with Crippen LogP contribution in [0.1, 0.15) is 30.6 Å². The van der Waals surface area contributed by atoms with Crippen LogP contribution >= 0.6 is 15.9 Å². The molecule has 7 heteroatoms. The molecule has 0 saturated carbocycles. The second-order valence-corrected chi connectivity index (χ2v) is 5.75. The maximum Gasteiger partial charge on any atom is 0.311 e. The van der Waals surface area contributed by atoms with E-state index in [2.05, 4.69) is 35.1 Å². The number of alkyl halides is 1. The summed E-state index contributed by atoms with van der Waals surface area (Å²) < 4.78 is 4.92. The van der Waals surface area contributed by atoms with Gasteiger partial charge in [-0.2, -0.15) is 0 Å². The zero-order valence-corrected chi connectivity index (χ0v) is 13.8. The van der Waals surface area contributed by atoms with Gasteiger partial charge in [-0.05, 0) is 24.5 Å². The van der Waals surface area contributed by atoms with Crippen LogP contribution in [0.3, 0.4) is 0 Å². The van der Waals surface area contributed by atoms with Crippen LogP contribution in [0.5, 0.6) is 5.75 Å². The van der Waals surface area contributed by atoms with Crippen molar-refractivity contribution < 1.29 is 14.5 Å². The van der Waals surface area contributed by atoms with Crippen LogP contribution in [-0.4, -0.2) is 29.3 Å². The highest BCUT2D eigenvalue weighted by Gasteiger charge is 2.20. The Morgan fingerprint density at radius 1 is 1.48 bits per heavy atom. The molecule has 1 amide bonds. The maximum absolute atomic E-state index is 12.2. The van der Waals surface area contributed by atoms with E-state index in [-0.39, 0.29) is 28.9 Å². The minimum atomic E-state index is -0.564. The lowest BCUT2D eigenvalue weighted by Crippen LogP contribution is -2.37. The fourth-order valence-corrected chi connectivity index (χ4v) is 2.40. The van der Waals surface area contributed by atoms with Crippen molar-refractivity contribution in [2.45, 2.75) is 26.3 Å². The number of benzene rings is 1. The second kappa shape index (κ2) is 7.97. The van der Waals surface area contributed by atoms with Crippen LogP contribution in [0.15, 0.2) is 18.2 Å². The van der Waals surface area contributed by atoms with Gasteiger partial charge in [0.25, 0.3) is 5.91 Å². The molecule has 0 bridgehead atoms. The van der Waals surface area contributed by atoms with Crippen LogP contribution in [0.2, 0.25) is 0 Å². The molecule has 0 aromatic heterocycles. The number of methoxy groups -OCH3 is 1. The molecule has 0 radical (unpaired) electrons. The Morgan fingerprint density at radius 2 is 2.14 bits per heavy atom. The molecule has 0 saturated heterocycles. The third-order valence-electron chi connectivity index (χ3n) is 2.92. The van der Waals surface area contributed by atoms with Gasteiger partial charge >= 0.3 is 5.69 Å². The zero-order chi connectivity index (χ0) is 16.0. The van der Waals surface area contributed by atoms with Gasteiger partial charge in [-0.15, -0.1) is 0 Å². The lowest BCUT2D eigenvalue weighted by atomic mass is 10.0. The molecule has 1 N–H and O–H groups in total. The Hall–Kier alpha value is -1.63. The van der Waals surface area contributed by atoms with E-state index in [4.69, 9.17) is 4.74 Å². The number of carbonyl (C=O) groups excluding carboxylic acids is 1. The minimum Gasteiger partial charge on any atom is -0.490 e. The van der Waals surface area contributed by atoms with Crippen molar-refractivity contribution >= 4 is 27.5 Å². The predicted octanol–water partition coefficient (Wildman–Crippen LogP) is 3.14. The van der Waals surface area contributed by atoms with E-state index in [0.29, 0.717) is 11.2 Å². The highest BCUT2D eigenvalue weighted by atomic mass is 79.9. The molecule has 0 fully saturated rings. The van der Waals surface area contributed by atoms with Gasteiger partial charge < -0.3 is 10.1 Å². The van der Waals surface area contributed by atoms with E-state index in [1.165, 1.54) is 25.3 Å². The molecule has 21 heavy (non-hydrogen) atoms. The van der Waals surface area contributed by atoms with Crippen molar-refractivity contribution in [3.05, 3.63) is 33.9 Å². The Balaban J connectivity index is 2.92. The number of rotatable bonds is 7. The summed E-state index contributed by atoms with van der Waals surface area (Å²) in [6, 6.07) is 4.16. The molecule has 1 unspecified atom stereocenters. The van der Waals surface area contributed by atoms with Crippen LogP contribution in [0.25, 0.3) is 0 Å². The van der Waals surface area contributed by atoms with Crippen LogP contribution in [-0.2, 0) is 0 Å². The van der Waals surface area contributed by atoms with Crippen molar-refractivity contribution in [3.63, 3.8) is 0 Å². The molecule has 1 atom stereocenters. The maximum atomic E-state index is 12.2. The van der Waals surface area contributed by atoms with E-state index in [0.717, 1.165) is 6.42 Å². The summed E-state index contributed by atoms with van der Waals surface area (Å²) in [6.07, 6.45) is 0.829. The number of ether oxygens (including phenoxy) is 1. The van der Waals surface area contributed by atoms with Gasteiger partial charge in [-0.3, -0.25) is 14.9 Å². The van der Waals surface area contributed by atoms with Crippen LogP contribution in [0.4, 0.5) is 5.69 Å². The molecular weight excluding hydrogens is 340 g/mol. The standard InChI is InChI=1S/C14H19BrN2O4/c1-9(2)6-11(8-15)16-14(18)10-4-5-13(21-3)12(7-10)17(19)20/h4-5,7,9,11H,6,8H2,1-3H3,(H,16,18). The first-order valence-electron chi connectivity index (χ1n) is 6.58. The summed E-state index contributed by atoms with van der Waals surface area (Å²) in [7, 11) is 1.35. The molecule has 1 aromatic rings. The number of nitro groups is 1. The summed E-state index contributed by atoms with van der Waals surface area (Å²) in [5, 5.41) is 14.5. The highest BCUT2D eigenvalue weighted by molar-refractivity contribution is 9.09. The number of hydrogen-bond acceptors (Lipinski definition) is 4. The first-order valence-corrected chi connectivity index (χ1v) is 7.70. The quantitative estimate of drug-likeness (QED) is 0.461. The number of nitro benzene ring substituents is 1. The fraction of sp³-hybridized carbons (Fsp3) is 0.500. The van der Waals surface area contributed by atoms with Crippen molar-refractivity contribution in [2.75, 3.05) is 12.4 Å². The number of nitrogens with one attached hydrogen (secondary N) is 1. The smallest absolute Gasteiger partial charge is 0.311 e. The number of amides is 1. The van der Waals surface area contributed by atoms with E-state index in [9.17, 15) is 14.9 Å². The van der Waals surface area contributed by atoms with Crippen LogP contribution < -0.4 is 10.1 Å². The van der Waals surface area contributed by atoms with E-state index < -0.39 is 4.92 Å². The Bertz CT molecular complexity index is 520. The number of halogens is 1. The van der Waals surface area contributed by atoms with Gasteiger partial charge in [0, 0.05) is 23.0 Å². The minimum absolute atomic E-state index is 0.0151. The molecular formula is C14H19BrN2O4. The third kappa shape index (κ3) is 5.00. The predicted molar refractivity (Wildman–Crippen MR) is 84.2 cm³/mol. The Kier molecular flexibility index (Phi) is 6.61. The summed E-state index contributed by atoms with van der Waals surface area (Å²) in [6.45, 7) is 4.14. The van der Waals surface area contributed by atoms with Gasteiger partial charge in [-0.25, -0.2) is 0 Å². The Morgan fingerprint density at radius 3 is 2.62 bits per heavy atom. The monoisotopic (exact) mass is 358 g/mol. The molecule has 1 aromatic carbocycles. The van der Waals surface area contributed by atoms with Gasteiger partial charge in [0.05, 0.1) is 12.0 Å². The van der Waals surface area contributed by atoms with Crippen LogP contribution in [0, 0.1) is 16.0 Å². The van der Waals surface area contributed by atoms with Crippen molar-refractivity contribution in [3.8, 4) is 5.75 Å². The summed E-state index contributed by atoms with van der Waals surface area (Å²) in [5.41, 5.74) is 0.0293. The number of nitrogens with zero attached hydrogens (tertiary/aromatic N) is 1. The number of carbonyl (C=O) groups is 1. The molecule has 0 aliphatic heterocycles. The van der Waals surface area contributed by atoms with E-state index in [1.807, 2.05) is 0 Å². The summed E-state index contributed by atoms with van der Waals surface area (Å²) in [5.74, 6) is 0.250. The lowest BCUT2D eigenvalue weighted by molar-refractivity contribution is -0.385. The first kappa shape index (κ1) is 17.4. The largest absolute Gasteiger partial charge is 0.490 e. The topological polar surface area (TPSA) is 81.5 Å². The second-order valence-electron chi connectivity index (χ2n) is 5.10. The highest BCUT2D eigenvalue weighted by Crippen LogP contribution is 2.27. The van der Waals surface area contributed by atoms with Gasteiger partial charge in [-0.1, -0.05) is 29.8 Å². The average Bonchev–Trinajstić information content (AvgIpc) is 2.45. The molecule has 0 heterocycles. The molecule has 0 spiro atoms. The molecule has 116 valence electrons. The molecule has 1 rings (SSSR count). The van der Waals surface area contributed by atoms with E-state index >= 15 is 0 Å². The first-order chi connectivity index (χ1) is 9.88. The average molecular weight is 359 g/mol. The van der Waals surface area contributed by atoms with E-state index in [1.54, 1.807) is 0 Å². The SMILES string of the molecule is COc1ccc(C(=O)NC(CBr)CC(C)C)cc1[N+](=O)[O-]. The van der Waals surface area contributed by atoms with Crippen molar-refractivity contribution in [1.82, 2.24) is 5.32 Å². The Labute approximate surface area is 132 Å².